The highest BCUT2D eigenvalue weighted by Crippen LogP contribution is 2.31. The standard InChI is InChI=1S/C13H17NO4/c1-2-16-13(15)12-11(17-7-8-18-12)9-5-3-4-6-10(9)14/h3-6,11-12H,2,7-8,14H2,1H3. The number of anilines is 1. The Kier molecular flexibility index (Phi) is 4.17. The van der Waals surface area contributed by atoms with E-state index in [9.17, 15) is 4.79 Å². The zero-order valence-electron chi connectivity index (χ0n) is 10.3. The number of ether oxygens (including phenoxy) is 3. The molecule has 1 saturated heterocycles. The second-order valence-corrected chi connectivity index (χ2v) is 3.96. The molecular formula is C13H17NO4. The summed E-state index contributed by atoms with van der Waals surface area (Å²) in [5.74, 6) is -0.412. The molecule has 0 amide bonds. The average molecular weight is 251 g/mol. The van der Waals surface area contributed by atoms with Crippen LogP contribution in [-0.2, 0) is 19.0 Å². The van der Waals surface area contributed by atoms with Crippen LogP contribution in [0.15, 0.2) is 24.3 Å². The molecule has 0 aromatic heterocycles. The van der Waals surface area contributed by atoms with Gasteiger partial charge in [0.1, 0.15) is 6.10 Å². The third kappa shape index (κ3) is 2.63. The second-order valence-electron chi connectivity index (χ2n) is 3.96. The third-order valence-corrected chi connectivity index (χ3v) is 2.77. The minimum atomic E-state index is -0.747. The van der Waals surface area contributed by atoms with Gasteiger partial charge in [0.15, 0.2) is 6.10 Å². The summed E-state index contributed by atoms with van der Waals surface area (Å²) in [5.41, 5.74) is 7.25. The molecule has 1 aliphatic rings. The minimum Gasteiger partial charge on any atom is -0.464 e. The fraction of sp³-hybridized carbons (Fsp3) is 0.462. The van der Waals surface area contributed by atoms with Gasteiger partial charge in [-0.2, -0.15) is 0 Å². The molecule has 5 nitrogen and oxygen atoms in total. The van der Waals surface area contributed by atoms with Gasteiger partial charge in [-0.25, -0.2) is 4.79 Å². The van der Waals surface area contributed by atoms with E-state index < -0.39 is 18.2 Å². The largest absolute Gasteiger partial charge is 0.464 e. The Bertz CT molecular complexity index is 421. The first-order chi connectivity index (χ1) is 8.74. The summed E-state index contributed by atoms with van der Waals surface area (Å²) >= 11 is 0. The first-order valence-electron chi connectivity index (χ1n) is 5.98. The van der Waals surface area contributed by atoms with Gasteiger partial charge in [0.05, 0.1) is 19.8 Å². The van der Waals surface area contributed by atoms with Crippen LogP contribution < -0.4 is 5.73 Å². The molecule has 1 aromatic carbocycles. The first kappa shape index (κ1) is 12.9. The van der Waals surface area contributed by atoms with Crippen LogP contribution in [0, 0.1) is 0 Å². The molecule has 1 fully saturated rings. The third-order valence-electron chi connectivity index (χ3n) is 2.77. The van der Waals surface area contributed by atoms with E-state index in [0.29, 0.717) is 25.5 Å². The van der Waals surface area contributed by atoms with E-state index >= 15 is 0 Å². The summed E-state index contributed by atoms with van der Waals surface area (Å²) in [7, 11) is 0. The highest BCUT2D eigenvalue weighted by Gasteiger charge is 2.36. The zero-order chi connectivity index (χ0) is 13.0. The normalized spacial score (nSPS) is 23.6. The fourth-order valence-corrected chi connectivity index (χ4v) is 1.96. The lowest BCUT2D eigenvalue weighted by molar-refractivity contribution is -0.186. The van der Waals surface area contributed by atoms with Crippen LogP contribution in [0.5, 0.6) is 0 Å². The lowest BCUT2D eigenvalue weighted by Gasteiger charge is -2.31. The van der Waals surface area contributed by atoms with Gasteiger partial charge >= 0.3 is 5.97 Å². The number of nitrogen functional groups attached to an aromatic ring is 1. The van der Waals surface area contributed by atoms with Crippen LogP contribution in [0.3, 0.4) is 0 Å². The molecule has 1 aliphatic heterocycles. The number of carbonyl (C=O) groups is 1. The van der Waals surface area contributed by atoms with Gasteiger partial charge in [-0.3, -0.25) is 0 Å². The smallest absolute Gasteiger partial charge is 0.338 e. The van der Waals surface area contributed by atoms with Gasteiger partial charge in [0.2, 0.25) is 0 Å². The van der Waals surface area contributed by atoms with Gasteiger partial charge in [0.25, 0.3) is 0 Å². The van der Waals surface area contributed by atoms with Crippen LogP contribution in [0.2, 0.25) is 0 Å². The van der Waals surface area contributed by atoms with E-state index in [-0.39, 0.29) is 0 Å². The first-order valence-corrected chi connectivity index (χ1v) is 5.98. The molecule has 18 heavy (non-hydrogen) atoms. The van der Waals surface area contributed by atoms with Crippen molar-refractivity contribution in [3.05, 3.63) is 29.8 Å². The molecule has 5 heteroatoms. The maximum Gasteiger partial charge on any atom is 0.338 e. The summed E-state index contributed by atoms with van der Waals surface area (Å²) < 4.78 is 16.1. The molecule has 98 valence electrons. The molecule has 2 rings (SSSR count). The van der Waals surface area contributed by atoms with Crippen LogP contribution in [0.4, 0.5) is 5.69 Å². The number of nitrogens with two attached hydrogens (primary N) is 1. The monoisotopic (exact) mass is 251 g/mol. The van der Waals surface area contributed by atoms with Crippen molar-refractivity contribution in [1.29, 1.82) is 0 Å². The van der Waals surface area contributed by atoms with E-state index in [1.165, 1.54) is 0 Å². The number of para-hydroxylation sites is 1. The molecule has 2 unspecified atom stereocenters. The Morgan fingerprint density at radius 3 is 2.83 bits per heavy atom. The Balaban J connectivity index is 2.23. The molecule has 0 spiro atoms. The predicted octanol–water partition coefficient (Wildman–Crippen LogP) is 1.29. The summed E-state index contributed by atoms with van der Waals surface area (Å²) in [6.07, 6.45) is -1.25. The lowest BCUT2D eigenvalue weighted by atomic mass is 10.0. The maximum absolute atomic E-state index is 11.8. The highest BCUT2D eigenvalue weighted by molar-refractivity contribution is 5.76. The Morgan fingerprint density at radius 1 is 1.39 bits per heavy atom. The van der Waals surface area contributed by atoms with Gasteiger partial charge in [-0.1, -0.05) is 18.2 Å². The van der Waals surface area contributed by atoms with Crippen molar-refractivity contribution in [3.63, 3.8) is 0 Å². The van der Waals surface area contributed by atoms with Crippen molar-refractivity contribution >= 4 is 11.7 Å². The summed E-state index contributed by atoms with van der Waals surface area (Å²) in [5, 5.41) is 0. The van der Waals surface area contributed by atoms with Crippen LogP contribution >= 0.6 is 0 Å². The Morgan fingerprint density at radius 2 is 2.11 bits per heavy atom. The maximum atomic E-state index is 11.8. The summed E-state index contributed by atoms with van der Waals surface area (Å²) in [6.45, 7) is 2.89. The van der Waals surface area contributed by atoms with Gasteiger partial charge in [-0.15, -0.1) is 0 Å². The number of hydrogen-bond acceptors (Lipinski definition) is 5. The average Bonchev–Trinajstić information content (AvgIpc) is 2.40. The number of esters is 1. The summed E-state index contributed by atoms with van der Waals surface area (Å²) in [4.78, 5) is 11.8. The molecule has 0 bridgehead atoms. The topological polar surface area (TPSA) is 70.8 Å². The van der Waals surface area contributed by atoms with Crippen molar-refractivity contribution in [2.24, 2.45) is 0 Å². The van der Waals surface area contributed by atoms with Crippen LogP contribution in [-0.4, -0.2) is 31.9 Å². The van der Waals surface area contributed by atoms with E-state index in [0.717, 1.165) is 5.56 Å². The molecule has 2 N–H and O–H groups in total. The molecule has 1 heterocycles. The van der Waals surface area contributed by atoms with Gasteiger partial charge < -0.3 is 19.9 Å². The number of benzene rings is 1. The van der Waals surface area contributed by atoms with E-state index in [2.05, 4.69) is 0 Å². The van der Waals surface area contributed by atoms with Gasteiger partial charge in [-0.05, 0) is 13.0 Å². The predicted molar refractivity (Wildman–Crippen MR) is 65.9 cm³/mol. The quantitative estimate of drug-likeness (QED) is 0.647. The Labute approximate surface area is 106 Å². The molecule has 1 aromatic rings. The minimum absolute atomic E-state index is 0.315. The fourth-order valence-electron chi connectivity index (χ4n) is 1.96. The van der Waals surface area contributed by atoms with Crippen LogP contribution in [0.25, 0.3) is 0 Å². The van der Waals surface area contributed by atoms with Crippen molar-refractivity contribution < 1.29 is 19.0 Å². The molecule has 2 atom stereocenters. The zero-order valence-corrected chi connectivity index (χ0v) is 10.3. The van der Waals surface area contributed by atoms with E-state index in [1.54, 1.807) is 13.0 Å². The lowest BCUT2D eigenvalue weighted by Crippen LogP contribution is -2.39. The number of hydrogen-bond donors (Lipinski definition) is 1. The molecule has 0 radical (unpaired) electrons. The van der Waals surface area contributed by atoms with E-state index in [4.69, 9.17) is 19.9 Å². The molecular weight excluding hydrogens is 234 g/mol. The Hall–Kier alpha value is -1.59. The second kappa shape index (κ2) is 5.84. The number of carbonyl (C=O) groups excluding carboxylic acids is 1. The highest BCUT2D eigenvalue weighted by atomic mass is 16.6. The van der Waals surface area contributed by atoms with Gasteiger partial charge in [0, 0.05) is 11.3 Å². The molecule has 0 saturated carbocycles. The number of rotatable bonds is 3. The van der Waals surface area contributed by atoms with Crippen molar-refractivity contribution in [1.82, 2.24) is 0 Å². The molecule has 0 aliphatic carbocycles. The SMILES string of the molecule is CCOC(=O)C1OCCOC1c1ccccc1N. The van der Waals surface area contributed by atoms with Crippen molar-refractivity contribution in [3.8, 4) is 0 Å². The summed E-state index contributed by atoms with van der Waals surface area (Å²) in [6, 6.07) is 7.30. The van der Waals surface area contributed by atoms with E-state index in [1.807, 2.05) is 18.2 Å². The van der Waals surface area contributed by atoms with Crippen molar-refractivity contribution in [2.45, 2.75) is 19.1 Å². The van der Waals surface area contributed by atoms with Crippen LogP contribution in [0.1, 0.15) is 18.6 Å². The van der Waals surface area contributed by atoms with Crippen molar-refractivity contribution in [2.75, 3.05) is 25.6 Å².